The number of piperidine rings is 1. The van der Waals surface area contributed by atoms with Gasteiger partial charge in [0.15, 0.2) is 0 Å². The Kier molecular flexibility index (Phi) is 6.71. The minimum absolute atomic E-state index is 0.0117. The maximum atomic E-state index is 13.2. The SMILES string of the molecule is CCN1CCc2ccc(NC(=O)C3CCN(S(=O)(=O)c4ccccc4C(=O)OC)CC3)cc21. The summed E-state index contributed by atoms with van der Waals surface area (Å²) < 4.78 is 32.4. The Morgan fingerprint density at radius 3 is 2.52 bits per heavy atom. The Morgan fingerprint density at radius 1 is 1.09 bits per heavy atom. The van der Waals surface area contributed by atoms with Gasteiger partial charge in [0.05, 0.1) is 17.6 Å². The number of likely N-dealkylation sites (N-methyl/N-ethyl adjacent to an activating group) is 1. The van der Waals surface area contributed by atoms with Crippen molar-refractivity contribution in [3.63, 3.8) is 0 Å². The van der Waals surface area contributed by atoms with Crippen LogP contribution < -0.4 is 10.2 Å². The largest absolute Gasteiger partial charge is 0.465 e. The van der Waals surface area contributed by atoms with E-state index in [9.17, 15) is 18.0 Å². The summed E-state index contributed by atoms with van der Waals surface area (Å²) >= 11 is 0. The third kappa shape index (κ3) is 4.60. The molecule has 0 aliphatic carbocycles. The van der Waals surface area contributed by atoms with Gasteiger partial charge in [-0.3, -0.25) is 4.79 Å². The van der Waals surface area contributed by atoms with Gasteiger partial charge < -0.3 is 15.0 Å². The highest BCUT2D eigenvalue weighted by Gasteiger charge is 2.34. The van der Waals surface area contributed by atoms with Gasteiger partial charge in [0.1, 0.15) is 0 Å². The van der Waals surface area contributed by atoms with Gasteiger partial charge in [0.25, 0.3) is 0 Å². The number of ether oxygens (including phenoxy) is 1. The number of rotatable bonds is 6. The van der Waals surface area contributed by atoms with E-state index < -0.39 is 16.0 Å². The van der Waals surface area contributed by atoms with Gasteiger partial charge in [-0.2, -0.15) is 4.31 Å². The monoisotopic (exact) mass is 471 g/mol. The summed E-state index contributed by atoms with van der Waals surface area (Å²) in [5.41, 5.74) is 3.24. The predicted octanol–water partition coefficient (Wildman–Crippen LogP) is 2.90. The third-order valence-electron chi connectivity index (χ3n) is 6.46. The molecule has 0 unspecified atom stereocenters. The molecule has 0 bridgehead atoms. The molecular weight excluding hydrogens is 442 g/mol. The lowest BCUT2D eigenvalue weighted by Crippen LogP contribution is -2.41. The molecule has 1 amide bonds. The van der Waals surface area contributed by atoms with E-state index in [2.05, 4.69) is 23.2 Å². The van der Waals surface area contributed by atoms with E-state index in [0.717, 1.165) is 25.2 Å². The summed E-state index contributed by atoms with van der Waals surface area (Å²) in [5.74, 6) is -1.06. The maximum absolute atomic E-state index is 13.2. The van der Waals surface area contributed by atoms with Crippen LogP contribution in [0.5, 0.6) is 0 Å². The van der Waals surface area contributed by atoms with Crippen LogP contribution in [0.15, 0.2) is 47.4 Å². The number of benzene rings is 2. The van der Waals surface area contributed by atoms with Crippen LogP contribution in [0.3, 0.4) is 0 Å². The van der Waals surface area contributed by atoms with Crippen molar-refractivity contribution in [3.8, 4) is 0 Å². The van der Waals surface area contributed by atoms with Crippen LogP contribution in [0.4, 0.5) is 11.4 Å². The molecule has 1 fully saturated rings. The number of amides is 1. The van der Waals surface area contributed by atoms with E-state index in [0.29, 0.717) is 12.8 Å². The van der Waals surface area contributed by atoms with Crippen LogP contribution in [0.1, 0.15) is 35.7 Å². The molecule has 0 saturated carbocycles. The first-order chi connectivity index (χ1) is 15.8. The van der Waals surface area contributed by atoms with Crippen molar-refractivity contribution in [2.45, 2.75) is 31.1 Å². The molecule has 9 heteroatoms. The fourth-order valence-electron chi connectivity index (χ4n) is 4.56. The number of nitrogens with zero attached hydrogens (tertiary/aromatic N) is 2. The van der Waals surface area contributed by atoms with Gasteiger partial charge in [-0.15, -0.1) is 0 Å². The van der Waals surface area contributed by atoms with Crippen LogP contribution in [0, 0.1) is 5.92 Å². The van der Waals surface area contributed by atoms with Gasteiger partial charge in [0, 0.05) is 43.5 Å². The quantitative estimate of drug-likeness (QED) is 0.651. The van der Waals surface area contributed by atoms with Crippen molar-refractivity contribution < 1.29 is 22.7 Å². The van der Waals surface area contributed by atoms with E-state index in [1.165, 1.54) is 34.8 Å². The molecule has 0 spiro atoms. The molecule has 1 saturated heterocycles. The lowest BCUT2D eigenvalue weighted by Gasteiger charge is -2.31. The number of nitrogens with one attached hydrogen (secondary N) is 1. The Balaban J connectivity index is 1.41. The molecular formula is C24H29N3O5S. The highest BCUT2D eigenvalue weighted by molar-refractivity contribution is 7.89. The van der Waals surface area contributed by atoms with Crippen LogP contribution in [0.25, 0.3) is 0 Å². The first-order valence-electron chi connectivity index (χ1n) is 11.2. The third-order valence-corrected chi connectivity index (χ3v) is 8.42. The van der Waals surface area contributed by atoms with Crippen LogP contribution in [0.2, 0.25) is 0 Å². The fraction of sp³-hybridized carbons (Fsp3) is 0.417. The zero-order valence-corrected chi connectivity index (χ0v) is 19.7. The van der Waals surface area contributed by atoms with Crippen molar-refractivity contribution >= 4 is 33.3 Å². The molecule has 2 aromatic carbocycles. The second-order valence-corrected chi connectivity index (χ2v) is 10.2. The Hall–Kier alpha value is -2.91. The minimum Gasteiger partial charge on any atom is -0.465 e. The molecule has 2 aliphatic heterocycles. The number of carbonyl (C=O) groups excluding carboxylic acids is 2. The fourth-order valence-corrected chi connectivity index (χ4v) is 6.21. The summed E-state index contributed by atoms with van der Waals surface area (Å²) in [6.07, 6.45) is 1.85. The van der Waals surface area contributed by atoms with E-state index in [4.69, 9.17) is 4.74 Å². The van der Waals surface area contributed by atoms with Crippen LogP contribution in [-0.2, 0) is 26.0 Å². The van der Waals surface area contributed by atoms with Crippen molar-refractivity contribution in [1.29, 1.82) is 0 Å². The van der Waals surface area contributed by atoms with Crippen molar-refractivity contribution in [2.24, 2.45) is 5.92 Å². The zero-order chi connectivity index (χ0) is 23.6. The number of anilines is 2. The molecule has 2 aromatic rings. The minimum atomic E-state index is -3.88. The molecule has 33 heavy (non-hydrogen) atoms. The lowest BCUT2D eigenvalue weighted by atomic mass is 9.97. The Bertz CT molecular complexity index is 1160. The van der Waals surface area contributed by atoms with Gasteiger partial charge in [0.2, 0.25) is 15.9 Å². The smallest absolute Gasteiger partial charge is 0.339 e. The molecule has 0 radical (unpaired) electrons. The van der Waals surface area contributed by atoms with E-state index >= 15 is 0 Å². The summed E-state index contributed by atoms with van der Waals surface area (Å²) in [5, 5.41) is 3.01. The number of fused-ring (bicyclic) bond motifs is 1. The van der Waals surface area contributed by atoms with E-state index in [1.807, 2.05) is 12.1 Å². The van der Waals surface area contributed by atoms with Gasteiger partial charge >= 0.3 is 5.97 Å². The molecule has 1 N–H and O–H groups in total. The van der Waals surface area contributed by atoms with Crippen molar-refractivity contribution in [1.82, 2.24) is 4.31 Å². The van der Waals surface area contributed by atoms with Crippen molar-refractivity contribution in [2.75, 3.05) is 43.5 Å². The number of carbonyl (C=O) groups is 2. The second-order valence-electron chi connectivity index (χ2n) is 8.33. The topological polar surface area (TPSA) is 96.0 Å². The van der Waals surface area contributed by atoms with Crippen LogP contribution >= 0.6 is 0 Å². The first kappa shape index (κ1) is 23.3. The molecule has 0 atom stereocenters. The molecule has 4 rings (SSSR count). The van der Waals surface area contributed by atoms with Crippen molar-refractivity contribution in [3.05, 3.63) is 53.6 Å². The number of hydrogen-bond donors (Lipinski definition) is 1. The summed E-state index contributed by atoms with van der Waals surface area (Å²) in [7, 11) is -2.66. The lowest BCUT2D eigenvalue weighted by molar-refractivity contribution is -0.120. The number of esters is 1. The summed E-state index contributed by atoms with van der Waals surface area (Å²) in [6.45, 7) is 4.46. The Morgan fingerprint density at radius 2 is 1.82 bits per heavy atom. The second kappa shape index (κ2) is 9.52. The standard InChI is InChI=1S/C24H29N3O5S/c1-3-26-13-10-17-8-9-19(16-21(17)26)25-23(28)18-11-14-27(15-12-18)33(30,31)22-7-5-4-6-20(22)24(29)32-2/h4-9,16,18H,3,10-15H2,1-2H3,(H,25,28). The van der Waals surface area contributed by atoms with Crippen LogP contribution in [-0.4, -0.2) is 57.9 Å². The first-order valence-corrected chi connectivity index (χ1v) is 12.7. The normalized spacial score (nSPS) is 17.0. The molecule has 2 heterocycles. The zero-order valence-electron chi connectivity index (χ0n) is 18.9. The number of methoxy groups -OCH3 is 1. The highest BCUT2D eigenvalue weighted by Crippen LogP contribution is 2.31. The van der Waals surface area contributed by atoms with Gasteiger partial charge in [-0.05, 0) is 56.0 Å². The molecule has 2 aliphatic rings. The summed E-state index contributed by atoms with van der Waals surface area (Å²) in [4.78, 5) is 27.1. The van der Waals surface area contributed by atoms with E-state index in [-0.39, 0.29) is 35.4 Å². The number of sulfonamides is 1. The average Bonchev–Trinajstić information content (AvgIpc) is 3.26. The number of hydrogen-bond acceptors (Lipinski definition) is 6. The maximum Gasteiger partial charge on any atom is 0.339 e. The predicted molar refractivity (Wildman–Crippen MR) is 126 cm³/mol. The molecule has 176 valence electrons. The summed E-state index contributed by atoms with van der Waals surface area (Å²) in [6, 6.07) is 12.0. The van der Waals surface area contributed by atoms with Gasteiger partial charge in [-0.25, -0.2) is 13.2 Å². The highest BCUT2D eigenvalue weighted by atomic mass is 32.2. The molecule has 0 aromatic heterocycles. The van der Waals surface area contributed by atoms with Gasteiger partial charge in [-0.1, -0.05) is 18.2 Å². The Labute approximate surface area is 194 Å². The molecule has 8 nitrogen and oxygen atoms in total. The van der Waals surface area contributed by atoms with E-state index in [1.54, 1.807) is 12.1 Å². The average molecular weight is 472 g/mol.